The van der Waals surface area contributed by atoms with Gasteiger partial charge < -0.3 is 10.1 Å². The Hall–Kier alpha value is -1.83. The van der Waals surface area contributed by atoms with E-state index in [1.165, 1.54) is 29.2 Å². The summed E-state index contributed by atoms with van der Waals surface area (Å²) in [7, 11) is 0. The lowest BCUT2D eigenvalue weighted by atomic mass is 10.3. The third-order valence-electron chi connectivity index (χ3n) is 2.91. The SMILES string of the molecule is Fc1ccccc1Nc1nnc(SCCOc2ccc(Cl)cc2)s1. The number of rotatable bonds is 7. The Morgan fingerprint density at radius 1 is 1.12 bits per heavy atom. The Bertz CT molecular complexity index is 798. The topological polar surface area (TPSA) is 47.0 Å². The van der Waals surface area contributed by atoms with E-state index in [0.717, 1.165) is 15.8 Å². The highest BCUT2D eigenvalue weighted by Crippen LogP contribution is 2.28. The molecule has 124 valence electrons. The van der Waals surface area contributed by atoms with Crippen molar-refractivity contribution in [3.63, 3.8) is 0 Å². The number of anilines is 2. The van der Waals surface area contributed by atoms with E-state index < -0.39 is 0 Å². The van der Waals surface area contributed by atoms with Crippen LogP contribution in [-0.2, 0) is 0 Å². The quantitative estimate of drug-likeness (QED) is 0.447. The summed E-state index contributed by atoms with van der Waals surface area (Å²) in [6.45, 7) is 0.544. The zero-order valence-electron chi connectivity index (χ0n) is 12.4. The lowest BCUT2D eigenvalue weighted by Crippen LogP contribution is -1.99. The molecule has 8 heteroatoms. The van der Waals surface area contributed by atoms with Crippen LogP contribution >= 0.6 is 34.7 Å². The molecule has 4 nitrogen and oxygen atoms in total. The summed E-state index contributed by atoms with van der Waals surface area (Å²) in [5.41, 5.74) is 0.385. The molecule has 2 aromatic carbocycles. The Labute approximate surface area is 152 Å². The van der Waals surface area contributed by atoms with Crippen molar-refractivity contribution in [3.05, 3.63) is 59.4 Å². The molecule has 0 aliphatic heterocycles. The highest BCUT2D eigenvalue weighted by molar-refractivity contribution is 8.01. The van der Waals surface area contributed by atoms with E-state index in [9.17, 15) is 4.39 Å². The first kappa shape index (κ1) is 17.0. The van der Waals surface area contributed by atoms with Crippen LogP contribution in [-0.4, -0.2) is 22.6 Å². The van der Waals surface area contributed by atoms with Crippen LogP contribution in [0.3, 0.4) is 0 Å². The molecule has 0 aliphatic carbocycles. The minimum absolute atomic E-state index is 0.321. The summed E-state index contributed by atoms with van der Waals surface area (Å²) in [4.78, 5) is 0. The lowest BCUT2D eigenvalue weighted by Gasteiger charge is -2.04. The number of para-hydroxylation sites is 1. The van der Waals surface area contributed by atoms with Gasteiger partial charge in [0.15, 0.2) is 4.34 Å². The minimum Gasteiger partial charge on any atom is -0.493 e. The standard InChI is InChI=1S/C16H13ClFN3OS2/c17-11-5-7-12(8-6-11)22-9-10-23-16-21-20-15(24-16)19-14-4-2-1-3-13(14)18/h1-8H,9-10H2,(H,19,20). The molecule has 0 aliphatic rings. The Morgan fingerprint density at radius 2 is 1.92 bits per heavy atom. The van der Waals surface area contributed by atoms with Gasteiger partial charge in [0.05, 0.1) is 12.3 Å². The Kier molecular flexibility index (Phi) is 5.90. The first-order valence-electron chi connectivity index (χ1n) is 7.07. The fourth-order valence-corrected chi connectivity index (χ4v) is 3.59. The molecule has 0 radical (unpaired) electrons. The molecule has 0 fully saturated rings. The summed E-state index contributed by atoms with van der Waals surface area (Å²) in [5, 5.41) is 12.2. The smallest absolute Gasteiger partial charge is 0.210 e. The highest BCUT2D eigenvalue weighted by atomic mass is 35.5. The number of halogens is 2. The van der Waals surface area contributed by atoms with Crippen LogP contribution in [0.1, 0.15) is 0 Å². The molecule has 0 unspecified atom stereocenters. The summed E-state index contributed by atoms with van der Waals surface area (Å²) in [5.74, 6) is 1.19. The largest absolute Gasteiger partial charge is 0.493 e. The van der Waals surface area contributed by atoms with Gasteiger partial charge in [-0.05, 0) is 36.4 Å². The molecule has 24 heavy (non-hydrogen) atoms. The number of ether oxygens (including phenoxy) is 1. The number of hydrogen-bond acceptors (Lipinski definition) is 6. The van der Waals surface area contributed by atoms with E-state index >= 15 is 0 Å². The van der Waals surface area contributed by atoms with Crippen LogP contribution in [0.2, 0.25) is 5.02 Å². The summed E-state index contributed by atoms with van der Waals surface area (Å²) in [6, 6.07) is 13.7. The molecular weight excluding hydrogens is 369 g/mol. The molecular formula is C16H13ClFN3OS2. The molecule has 0 atom stereocenters. The van der Waals surface area contributed by atoms with Gasteiger partial charge in [-0.25, -0.2) is 4.39 Å². The van der Waals surface area contributed by atoms with Crippen LogP contribution in [0.15, 0.2) is 52.9 Å². The lowest BCUT2D eigenvalue weighted by molar-refractivity contribution is 0.344. The van der Waals surface area contributed by atoms with Crippen LogP contribution < -0.4 is 10.1 Å². The van der Waals surface area contributed by atoms with Crippen molar-refractivity contribution in [2.45, 2.75) is 4.34 Å². The van der Waals surface area contributed by atoms with Crippen molar-refractivity contribution in [1.82, 2.24) is 10.2 Å². The number of nitrogens with zero attached hydrogens (tertiary/aromatic N) is 2. The fraction of sp³-hybridized carbons (Fsp3) is 0.125. The van der Waals surface area contributed by atoms with E-state index in [0.29, 0.717) is 22.4 Å². The van der Waals surface area contributed by atoms with Crippen molar-refractivity contribution in [1.29, 1.82) is 0 Å². The number of thioether (sulfide) groups is 1. The van der Waals surface area contributed by atoms with Gasteiger partial charge in [0.2, 0.25) is 5.13 Å². The molecule has 0 spiro atoms. The van der Waals surface area contributed by atoms with Crippen molar-refractivity contribution in [3.8, 4) is 5.75 Å². The zero-order chi connectivity index (χ0) is 16.8. The maximum Gasteiger partial charge on any atom is 0.210 e. The zero-order valence-corrected chi connectivity index (χ0v) is 14.8. The van der Waals surface area contributed by atoms with Crippen LogP contribution in [0.5, 0.6) is 5.75 Å². The molecule has 0 saturated heterocycles. The molecule has 0 saturated carbocycles. The Balaban J connectivity index is 1.46. The van der Waals surface area contributed by atoms with Gasteiger partial charge in [-0.15, -0.1) is 10.2 Å². The molecule has 0 bridgehead atoms. The molecule has 1 heterocycles. The third kappa shape index (κ3) is 4.83. The summed E-state index contributed by atoms with van der Waals surface area (Å²) in [6.07, 6.45) is 0. The number of aromatic nitrogens is 2. The monoisotopic (exact) mass is 381 g/mol. The van der Waals surface area contributed by atoms with Gasteiger partial charge in [-0.1, -0.05) is 46.8 Å². The predicted octanol–water partition coefficient (Wildman–Crippen LogP) is 5.25. The van der Waals surface area contributed by atoms with Gasteiger partial charge >= 0.3 is 0 Å². The number of nitrogens with one attached hydrogen (secondary N) is 1. The third-order valence-corrected chi connectivity index (χ3v) is 5.10. The van der Waals surface area contributed by atoms with Gasteiger partial charge in [-0.2, -0.15) is 0 Å². The first-order valence-corrected chi connectivity index (χ1v) is 9.25. The fourth-order valence-electron chi connectivity index (χ4n) is 1.82. The molecule has 1 N–H and O–H groups in total. The van der Waals surface area contributed by atoms with E-state index in [1.807, 2.05) is 12.1 Å². The second kappa shape index (κ2) is 8.32. The van der Waals surface area contributed by atoms with E-state index in [4.69, 9.17) is 16.3 Å². The van der Waals surface area contributed by atoms with Crippen LogP contribution in [0, 0.1) is 5.82 Å². The van der Waals surface area contributed by atoms with Gasteiger partial charge in [0, 0.05) is 10.8 Å². The summed E-state index contributed by atoms with van der Waals surface area (Å²) < 4.78 is 20.0. The van der Waals surface area contributed by atoms with Gasteiger partial charge in [-0.3, -0.25) is 0 Å². The molecule has 1 aromatic heterocycles. The highest BCUT2D eigenvalue weighted by Gasteiger charge is 2.07. The van der Waals surface area contributed by atoms with Crippen molar-refractivity contribution < 1.29 is 9.13 Å². The molecule has 3 aromatic rings. The number of benzene rings is 2. The normalized spacial score (nSPS) is 10.6. The van der Waals surface area contributed by atoms with E-state index in [-0.39, 0.29) is 5.82 Å². The number of hydrogen-bond donors (Lipinski definition) is 1. The average molecular weight is 382 g/mol. The van der Waals surface area contributed by atoms with E-state index in [1.54, 1.807) is 30.3 Å². The van der Waals surface area contributed by atoms with E-state index in [2.05, 4.69) is 15.5 Å². The predicted molar refractivity (Wildman–Crippen MR) is 97.3 cm³/mol. The molecule has 3 rings (SSSR count). The van der Waals surface area contributed by atoms with Crippen molar-refractivity contribution >= 4 is 45.5 Å². The maximum absolute atomic E-state index is 13.6. The van der Waals surface area contributed by atoms with Gasteiger partial charge in [0.1, 0.15) is 11.6 Å². The van der Waals surface area contributed by atoms with Crippen molar-refractivity contribution in [2.24, 2.45) is 0 Å². The second-order valence-electron chi connectivity index (χ2n) is 4.63. The molecule has 0 amide bonds. The summed E-state index contributed by atoms with van der Waals surface area (Å²) >= 11 is 8.73. The van der Waals surface area contributed by atoms with Crippen LogP contribution in [0.4, 0.5) is 15.2 Å². The van der Waals surface area contributed by atoms with Gasteiger partial charge in [0.25, 0.3) is 0 Å². The minimum atomic E-state index is -0.321. The van der Waals surface area contributed by atoms with Crippen LogP contribution in [0.25, 0.3) is 0 Å². The maximum atomic E-state index is 13.6. The second-order valence-corrected chi connectivity index (χ2v) is 7.38. The Morgan fingerprint density at radius 3 is 2.71 bits per heavy atom. The van der Waals surface area contributed by atoms with Crippen molar-refractivity contribution in [2.75, 3.05) is 17.7 Å². The first-order chi connectivity index (χ1) is 11.7. The average Bonchev–Trinajstić information content (AvgIpc) is 3.03.